The molecule has 2 heterocycles. The average molecular weight is 459 g/mol. The monoisotopic (exact) mass is 458 g/mol. The summed E-state index contributed by atoms with van der Waals surface area (Å²) in [6.45, 7) is 1.60. The van der Waals surface area contributed by atoms with Crippen LogP contribution < -0.4 is 15.5 Å². The second-order valence-corrected chi connectivity index (χ2v) is 9.23. The van der Waals surface area contributed by atoms with E-state index in [2.05, 4.69) is 56.9 Å². The molecule has 1 atom stereocenters. The van der Waals surface area contributed by atoms with Crippen LogP contribution >= 0.6 is 11.8 Å². The van der Waals surface area contributed by atoms with Gasteiger partial charge >= 0.3 is 6.03 Å². The smallest absolute Gasteiger partial charge is 0.319 e. The molecule has 0 bridgehead atoms. The molecule has 168 valence electrons. The Kier molecular flexibility index (Phi) is 6.24. The van der Waals surface area contributed by atoms with Crippen molar-refractivity contribution in [2.45, 2.75) is 17.5 Å². The van der Waals surface area contributed by atoms with Gasteiger partial charge in [-0.25, -0.2) is 4.79 Å². The number of carbonyl (C=O) groups excluding carboxylic acids is 1. The maximum atomic E-state index is 12.7. The number of H-pyrrole nitrogens is 1. The van der Waals surface area contributed by atoms with Gasteiger partial charge in [0.1, 0.15) is 0 Å². The van der Waals surface area contributed by atoms with Crippen LogP contribution in [0, 0.1) is 0 Å². The zero-order chi connectivity index (χ0) is 22.6. The summed E-state index contributed by atoms with van der Waals surface area (Å²) in [5, 5.41) is 16.9. The van der Waals surface area contributed by atoms with Crippen molar-refractivity contribution in [1.82, 2.24) is 10.3 Å². The molecule has 0 saturated heterocycles. The van der Waals surface area contributed by atoms with E-state index >= 15 is 0 Å². The fraction of sp³-hybridized carbons (Fsp3) is 0.192. The molecule has 7 heteroatoms. The number of carbonyl (C=O) groups is 1. The van der Waals surface area contributed by atoms with Crippen molar-refractivity contribution in [2.24, 2.45) is 0 Å². The molecule has 33 heavy (non-hydrogen) atoms. The lowest BCUT2D eigenvalue weighted by Gasteiger charge is -2.32. The lowest BCUT2D eigenvalue weighted by atomic mass is 10.1. The minimum absolute atomic E-state index is 0.187. The number of anilines is 2. The zero-order valence-corrected chi connectivity index (χ0v) is 18.9. The summed E-state index contributed by atoms with van der Waals surface area (Å²) in [7, 11) is 0. The van der Waals surface area contributed by atoms with Crippen molar-refractivity contribution in [3.05, 3.63) is 90.1 Å². The Morgan fingerprint density at radius 3 is 2.82 bits per heavy atom. The highest BCUT2D eigenvalue weighted by Gasteiger charge is 2.21. The first-order chi connectivity index (χ1) is 16.2. The summed E-state index contributed by atoms with van der Waals surface area (Å²) in [4.78, 5) is 19.4. The van der Waals surface area contributed by atoms with Crippen LogP contribution in [-0.2, 0) is 6.54 Å². The van der Waals surface area contributed by atoms with E-state index in [1.165, 1.54) is 10.5 Å². The molecule has 1 aromatic heterocycles. The third-order valence-electron chi connectivity index (χ3n) is 5.86. The number of aliphatic hydroxyl groups is 1. The van der Waals surface area contributed by atoms with Gasteiger partial charge in [0.25, 0.3) is 0 Å². The number of hydrogen-bond donors (Lipinski definition) is 4. The minimum atomic E-state index is -0.505. The molecule has 5 rings (SSSR count). The highest BCUT2D eigenvalue weighted by atomic mass is 32.2. The van der Waals surface area contributed by atoms with Crippen LogP contribution in [0.3, 0.4) is 0 Å². The topological polar surface area (TPSA) is 80.4 Å². The molecule has 4 aromatic rings. The number of amides is 2. The molecular weight excluding hydrogens is 432 g/mol. The number of hydrogen-bond acceptors (Lipinski definition) is 4. The normalized spacial score (nSPS) is 14.0. The first kappa shape index (κ1) is 21.4. The van der Waals surface area contributed by atoms with Crippen LogP contribution in [0.25, 0.3) is 10.9 Å². The number of aromatic amines is 1. The third kappa shape index (κ3) is 4.84. The van der Waals surface area contributed by atoms with Gasteiger partial charge in [0, 0.05) is 41.1 Å². The predicted octanol–water partition coefficient (Wildman–Crippen LogP) is 5.14. The Labute approximate surface area is 197 Å². The van der Waals surface area contributed by atoms with E-state index in [1.54, 1.807) is 0 Å². The molecule has 1 aliphatic rings. The molecule has 1 aliphatic heterocycles. The number of aromatic nitrogens is 1. The van der Waals surface area contributed by atoms with Gasteiger partial charge < -0.3 is 25.6 Å². The van der Waals surface area contributed by atoms with Crippen LogP contribution in [0.15, 0.2) is 83.9 Å². The number of benzene rings is 3. The lowest BCUT2D eigenvalue weighted by Crippen LogP contribution is -2.35. The van der Waals surface area contributed by atoms with E-state index in [0.29, 0.717) is 5.69 Å². The summed E-state index contributed by atoms with van der Waals surface area (Å²) in [5.41, 5.74) is 4.93. The fourth-order valence-electron chi connectivity index (χ4n) is 4.16. The Balaban J connectivity index is 1.31. The Hall–Kier alpha value is -3.42. The van der Waals surface area contributed by atoms with Crippen LogP contribution in [0.1, 0.15) is 17.2 Å². The second-order valence-electron chi connectivity index (χ2n) is 8.10. The molecule has 0 aliphatic carbocycles. The molecule has 4 N–H and O–H groups in total. The number of aliphatic hydroxyl groups excluding tert-OH is 1. The fourth-order valence-corrected chi connectivity index (χ4v) is 5.19. The van der Waals surface area contributed by atoms with Crippen LogP contribution in [0.2, 0.25) is 0 Å². The van der Waals surface area contributed by atoms with E-state index < -0.39 is 6.04 Å². The molecule has 0 spiro atoms. The van der Waals surface area contributed by atoms with Crippen molar-refractivity contribution in [2.75, 3.05) is 29.1 Å². The van der Waals surface area contributed by atoms with E-state index in [1.807, 2.05) is 54.4 Å². The van der Waals surface area contributed by atoms with Gasteiger partial charge in [-0.05, 0) is 46.8 Å². The van der Waals surface area contributed by atoms with E-state index in [4.69, 9.17) is 0 Å². The van der Waals surface area contributed by atoms with Crippen molar-refractivity contribution in [1.29, 1.82) is 0 Å². The first-order valence-corrected chi connectivity index (χ1v) is 12.0. The highest BCUT2D eigenvalue weighted by Crippen LogP contribution is 2.37. The highest BCUT2D eigenvalue weighted by molar-refractivity contribution is 7.99. The molecular formula is C26H26N4O2S. The largest absolute Gasteiger partial charge is 0.394 e. The maximum absolute atomic E-state index is 12.7. The summed E-state index contributed by atoms with van der Waals surface area (Å²) in [5.74, 6) is 1.04. The van der Waals surface area contributed by atoms with Crippen molar-refractivity contribution in [3.8, 4) is 0 Å². The van der Waals surface area contributed by atoms with Crippen LogP contribution in [0.4, 0.5) is 16.2 Å². The average Bonchev–Trinajstić information content (AvgIpc) is 3.31. The Bertz CT molecular complexity index is 1260. The van der Waals surface area contributed by atoms with Gasteiger partial charge in [-0.2, -0.15) is 0 Å². The summed E-state index contributed by atoms with van der Waals surface area (Å²) in [6.07, 6.45) is 1.87. The van der Waals surface area contributed by atoms with Crippen LogP contribution in [-0.4, -0.2) is 35.0 Å². The van der Waals surface area contributed by atoms with Gasteiger partial charge in [-0.15, -0.1) is 11.8 Å². The summed E-state index contributed by atoms with van der Waals surface area (Å²) in [6, 6.07) is 23.4. The quantitative estimate of drug-likeness (QED) is 0.323. The van der Waals surface area contributed by atoms with E-state index in [9.17, 15) is 9.90 Å². The van der Waals surface area contributed by atoms with E-state index in [-0.39, 0.29) is 12.6 Å². The number of urea groups is 1. The van der Waals surface area contributed by atoms with Gasteiger partial charge in [-0.3, -0.25) is 0 Å². The molecule has 0 unspecified atom stereocenters. The molecule has 3 aromatic carbocycles. The SMILES string of the molecule is O=C(Nc1ccc2cc[nH]c2c1)N[C@H](CO)c1ccc2c(c1)N(Cc1ccccc1)CCS2. The maximum Gasteiger partial charge on any atom is 0.319 e. The number of rotatable bonds is 6. The van der Waals surface area contributed by atoms with Gasteiger partial charge in [0.15, 0.2) is 0 Å². The number of fused-ring (bicyclic) bond motifs is 2. The van der Waals surface area contributed by atoms with Gasteiger partial charge in [0.05, 0.1) is 18.3 Å². The number of nitrogens with zero attached hydrogens (tertiary/aromatic N) is 1. The standard InChI is InChI=1S/C26H26N4O2S/c31-17-23(29-26(32)28-21-8-6-19-10-11-27-22(19)15-21)20-7-9-25-24(14-20)30(12-13-33-25)16-18-4-2-1-3-5-18/h1-11,14-15,23,27,31H,12-13,16-17H2,(H2,28,29,32)/t23-/m1/s1. The summed E-state index contributed by atoms with van der Waals surface area (Å²) >= 11 is 1.84. The second kappa shape index (κ2) is 9.60. The first-order valence-electron chi connectivity index (χ1n) is 11.0. The third-order valence-corrected chi connectivity index (χ3v) is 6.90. The zero-order valence-electron chi connectivity index (χ0n) is 18.1. The molecule has 0 fully saturated rings. The van der Waals surface area contributed by atoms with Crippen molar-refractivity contribution < 1.29 is 9.90 Å². The predicted molar refractivity (Wildman–Crippen MR) is 135 cm³/mol. The molecule has 0 saturated carbocycles. The Morgan fingerprint density at radius 2 is 1.97 bits per heavy atom. The van der Waals surface area contributed by atoms with Crippen LogP contribution in [0.5, 0.6) is 0 Å². The van der Waals surface area contributed by atoms with Gasteiger partial charge in [-0.1, -0.05) is 42.5 Å². The molecule has 2 amide bonds. The molecule has 0 radical (unpaired) electrons. The van der Waals surface area contributed by atoms with E-state index in [0.717, 1.165) is 41.0 Å². The minimum Gasteiger partial charge on any atom is -0.394 e. The number of nitrogens with one attached hydrogen (secondary N) is 3. The molecule has 6 nitrogen and oxygen atoms in total. The summed E-state index contributed by atoms with van der Waals surface area (Å²) < 4.78 is 0. The lowest BCUT2D eigenvalue weighted by molar-refractivity contribution is 0.225. The number of thioether (sulfide) groups is 1. The van der Waals surface area contributed by atoms with Crippen molar-refractivity contribution in [3.63, 3.8) is 0 Å². The Morgan fingerprint density at radius 1 is 1.09 bits per heavy atom. The van der Waals surface area contributed by atoms with Gasteiger partial charge in [0.2, 0.25) is 0 Å². The van der Waals surface area contributed by atoms with Crippen molar-refractivity contribution >= 4 is 40.1 Å².